The molecule has 0 aliphatic rings. The van der Waals surface area contributed by atoms with Crippen LogP contribution in [0.3, 0.4) is 0 Å². The number of hydrogen-bond acceptors (Lipinski definition) is 5. The van der Waals surface area contributed by atoms with Gasteiger partial charge in [0.2, 0.25) is 10.0 Å². The van der Waals surface area contributed by atoms with Crippen molar-refractivity contribution in [3.05, 3.63) is 59.4 Å². The summed E-state index contributed by atoms with van der Waals surface area (Å²) >= 11 is 5.99. The van der Waals surface area contributed by atoms with E-state index in [-0.39, 0.29) is 16.7 Å². The van der Waals surface area contributed by atoms with Gasteiger partial charge in [0.15, 0.2) is 10.2 Å². The molecule has 0 bridgehead atoms. The van der Waals surface area contributed by atoms with Gasteiger partial charge in [0.1, 0.15) is 5.65 Å². The molecule has 0 saturated carbocycles. The van der Waals surface area contributed by atoms with Crippen LogP contribution < -0.4 is 9.44 Å². The number of anilines is 1. The van der Waals surface area contributed by atoms with Crippen molar-refractivity contribution in [1.29, 1.82) is 0 Å². The molecular weight excluding hydrogens is 424 g/mol. The molecule has 0 amide bonds. The fraction of sp³-hybridized carbons (Fsp3) is 0.118. The molecule has 2 heterocycles. The Morgan fingerprint density at radius 2 is 1.93 bits per heavy atom. The average Bonchev–Trinajstić information content (AvgIpc) is 2.94. The van der Waals surface area contributed by atoms with E-state index in [1.54, 1.807) is 48.7 Å². The lowest BCUT2D eigenvalue weighted by molar-refractivity contribution is 0.581. The summed E-state index contributed by atoms with van der Waals surface area (Å²) in [4.78, 5) is 4.01. The van der Waals surface area contributed by atoms with Crippen LogP contribution in [0.2, 0.25) is 5.15 Å². The van der Waals surface area contributed by atoms with Gasteiger partial charge in [-0.05, 0) is 30.3 Å². The first-order chi connectivity index (χ1) is 13.2. The van der Waals surface area contributed by atoms with E-state index in [4.69, 9.17) is 11.6 Å². The first-order valence-electron chi connectivity index (χ1n) is 7.85. The number of hydrogen-bond donors (Lipinski definition) is 2. The van der Waals surface area contributed by atoms with Crippen LogP contribution in [-0.2, 0) is 20.0 Å². The Morgan fingerprint density at radius 1 is 1.14 bits per heavy atom. The van der Waals surface area contributed by atoms with E-state index in [2.05, 4.69) is 26.3 Å². The maximum atomic E-state index is 12.5. The predicted molar refractivity (Wildman–Crippen MR) is 107 cm³/mol. The molecule has 2 N–H and O–H groups in total. The second-order valence-corrected chi connectivity index (χ2v) is 9.51. The SMILES string of the molecule is CS(=O)(=O)Nc1cccc(C#CCNS(=O)(=O)c2c(Cl)nc3ccccn23)c1. The van der Waals surface area contributed by atoms with E-state index in [1.165, 1.54) is 4.40 Å². The van der Waals surface area contributed by atoms with E-state index < -0.39 is 20.0 Å². The van der Waals surface area contributed by atoms with E-state index >= 15 is 0 Å². The van der Waals surface area contributed by atoms with Crippen LogP contribution in [0.1, 0.15) is 5.56 Å². The molecule has 0 saturated heterocycles. The Kier molecular flexibility index (Phi) is 5.62. The number of benzene rings is 1. The molecular formula is C17H15ClN4O4S2. The summed E-state index contributed by atoms with van der Waals surface area (Å²) in [6, 6.07) is 11.5. The van der Waals surface area contributed by atoms with Crippen molar-refractivity contribution in [2.24, 2.45) is 0 Å². The minimum absolute atomic E-state index is 0.133. The third-order valence-electron chi connectivity index (χ3n) is 3.45. The van der Waals surface area contributed by atoms with Crippen LogP contribution in [0, 0.1) is 11.8 Å². The van der Waals surface area contributed by atoms with Crippen LogP contribution in [0.4, 0.5) is 5.69 Å². The van der Waals surface area contributed by atoms with Crippen LogP contribution in [0.25, 0.3) is 5.65 Å². The molecule has 0 atom stereocenters. The first kappa shape index (κ1) is 20.2. The zero-order valence-corrected chi connectivity index (χ0v) is 16.9. The standard InChI is InChI=1S/C17H15ClN4O4S2/c1-27(23,24)21-14-8-4-6-13(12-14)7-5-10-19-28(25,26)17-16(18)20-15-9-2-3-11-22(15)17/h2-4,6,8-9,11-12,19,21H,10H2,1H3. The summed E-state index contributed by atoms with van der Waals surface area (Å²) in [6.45, 7) is -0.164. The average molecular weight is 439 g/mol. The quantitative estimate of drug-likeness (QED) is 0.589. The summed E-state index contributed by atoms with van der Waals surface area (Å²) in [5, 5.41) is -0.294. The number of imidazole rings is 1. The van der Waals surface area contributed by atoms with Gasteiger partial charge in [-0.25, -0.2) is 21.8 Å². The smallest absolute Gasteiger partial charge is 0.260 e. The van der Waals surface area contributed by atoms with Gasteiger partial charge in [-0.2, -0.15) is 4.72 Å². The minimum atomic E-state index is -3.94. The molecule has 0 fully saturated rings. The Labute approximate surface area is 167 Å². The Hall–Kier alpha value is -2.58. The predicted octanol–water partition coefficient (Wildman–Crippen LogP) is 1.69. The van der Waals surface area contributed by atoms with E-state index in [9.17, 15) is 16.8 Å². The van der Waals surface area contributed by atoms with E-state index in [0.717, 1.165) is 6.26 Å². The number of aromatic nitrogens is 2. The third-order valence-corrected chi connectivity index (χ3v) is 5.86. The summed E-state index contributed by atoms with van der Waals surface area (Å²) in [5.41, 5.74) is 1.31. The molecule has 0 unspecified atom stereocenters. The molecule has 0 aliphatic heterocycles. The van der Waals surface area contributed by atoms with Crippen molar-refractivity contribution in [2.45, 2.75) is 5.03 Å². The molecule has 8 nitrogen and oxygen atoms in total. The molecule has 1 aromatic carbocycles. The van der Waals surface area contributed by atoms with Crippen molar-refractivity contribution in [3.63, 3.8) is 0 Å². The zero-order valence-electron chi connectivity index (χ0n) is 14.5. The maximum absolute atomic E-state index is 12.5. The fourth-order valence-corrected chi connectivity index (χ4v) is 4.52. The number of halogens is 1. The minimum Gasteiger partial charge on any atom is -0.288 e. The van der Waals surface area contributed by atoms with Crippen LogP contribution in [0.5, 0.6) is 0 Å². The molecule has 0 radical (unpaired) electrons. The largest absolute Gasteiger partial charge is 0.288 e. The van der Waals surface area contributed by atoms with Gasteiger partial charge in [0, 0.05) is 17.4 Å². The van der Waals surface area contributed by atoms with Gasteiger partial charge in [-0.15, -0.1) is 0 Å². The highest BCUT2D eigenvalue weighted by Crippen LogP contribution is 2.22. The normalized spacial score (nSPS) is 11.8. The summed E-state index contributed by atoms with van der Waals surface area (Å²) in [7, 11) is -7.33. The van der Waals surface area contributed by atoms with E-state index in [1.807, 2.05) is 0 Å². The fourth-order valence-electron chi connectivity index (χ4n) is 2.41. The van der Waals surface area contributed by atoms with Crippen LogP contribution >= 0.6 is 11.6 Å². The molecule has 3 aromatic rings. The Morgan fingerprint density at radius 3 is 2.68 bits per heavy atom. The van der Waals surface area contributed by atoms with Crippen molar-refractivity contribution in [2.75, 3.05) is 17.5 Å². The molecule has 3 rings (SSSR count). The highest BCUT2D eigenvalue weighted by atomic mass is 35.5. The van der Waals surface area contributed by atoms with Crippen molar-refractivity contribution < 1.29 is 16.8 Å². The Bertz CT molecular complexity index is 1310. The van der Waals surface area contributed by atoms with Gasteiger partial charge in [0.25, 0.3) is 10.0 Å². The number of nitrogens with one attached hydrogen (secondary N) is 2. The van der Waals surface area contributed by atoms with Crippen molar-refractivity contribution in [1.82, 2.24) is 14.1 Å². The molecule has 146 valence electrons. The lowest BCUT2D eigenvalue weighted by atomic mass is 10.2. The second-order valence-electron chi connectivity index (χ2n) is 5.72. The topological polar surface area (TPSA) is 110 Å². The van der Waals surface area contributed by atoms with Gasteiger partial charge in [-0.1, -0.05) is 35.6 Å². The van der Waals surface area contributed by atoms with Gasteiger partial charge in [-0.3, -0.25) is 9.12 Å². The highest BCUT2D eigenvalue weighted by molar-refractivity contribution is 7.92. The number of fused-ring (bicyclic) bond motifs is 1. The lowest BCUT2D eigenvalue weighted by Crippen LogP contribution is -2.25. The number of rotatable bonds is 5. The lowest BCUT2D eigenvalue weighted by Gasteiger charge is -2.04. The highest BCUT2D eigenvalue weighted by Gasteiger charge is 2.23. The van der Waals surface area contributed by atoms with Gasteiger partial charge in [0.05, 0.1) is 12.8 Å². The number of nitrogens with zero attached hydrogens (tertiary/aromatic N) is 2. The monoisotopic (exact) mass is 438 g/mol. The summed E-state index contributed by atoms with van der Waals surface area (Å²) in [6.07, 6.45) is 2.60. The zero-order chi connectivity index (χ0) is 20.4. The molecule has 0 aliphatic carbocycles. The van der Waals surface area contributed by atoms with Gasteiger partial charge >= 0.3 is 0 Å². The molecule has 11 heteroatoms. The molecule has 2 aromatic heterocycles. The van der Waals surface area contributed by atoms with Crippen molar-refractivity contribution >= 4 is 43.0 Å². The summed E-state index contributed by atoms with van der Waals surface area (Å²) in [5.74, 6) is 5.46. The maximum Gasteiger partial charge on any atom is 0.260 e. The van der Waals surface area contributed by atoms with Crippen LogP contribution in [-0.4, -0.2) is 39.0 Å². The molecule has 28 heavy (non-hydrogen) atoms. The first-order valence-corrected chi connectivity index (χ1v) is 11.6. The summed E-state index contributed by atoms with van der Waals surface area (Å²) < 4.78 is 53.7. The van der Waals surface area contributed by atoms with Crippen molar-refractivity contribution in [3.8, 4) is 11.8 Å². The van der Waals surface area contributed by atoms with Gasteiger partial charge < -0.3 is 0 Å². The molecule has 0 spiro atoms. The van der Waals surface area contributed by atoms with Crippen LogP contribution in [0.15, 0.2) is 53.7 Å². The number of sulfonamides is 2. The van der Waals surface area contributed by atoms with E-state index in [0.29, 0.717) is 16.9 Å². The number of pyridine rings is 1. The Balaban J connectivity index is 1.75. The third kappa shape index (κ3) is 4.82. The second kappa shape index (κ2) is 7.81.